The topological polar surface area (TPSA) is 79.3 Å². The highest BCUT2D eigenvalue weighted by molar-refractivity contribution is 9.15. The average Bonchev–Trinajstić information content (AvgIpc) is 3.08. The fourth-order valence-electron chi connectivity index (χ4n) is 2.47. The van der Waals surface area contributed by atoms with Crippen LogP contribution in [0.3, 0.4) is 0 Å². The van der Waals surface area contributed by atoms with Crippen LogP contribution in [0.4, 0.5) is 5.69 Å². The number of nitrogens with one attached hydrogen (secondary N) is 1. The molecule has 29 heavy (non-hydrogen) atoms. The number of carbonyl (C=O) groups excluding carboxylic acids is 1. The van der Waals surface area contributed by atoms with E-state index in [0.29, 0.717) is 19.1 Å². The van der Waals surface area contributed by atoms with Crippen molar-refractivity contribution < 1.29 is 14.7 Å². The largest absolute Gasteiger partial charge is 0.478 e. The average molecular weight is 688 g/mol. The van der Waals surface area contributed by atoms with Gasteiger partial charge in [-0.15, -0.1) is 11.3 Å². The number of aromatic nitrogens is 1. The number of thiazole rings is 1. The molecule has 0 bridgehead atoms. The molecule has 11 heteroatoms. The van der Waals surface area contributed by atoms with Gasteiger partial charge in [-0.05, 0) is 88.3 Å². The molecule has 0 saturated carbocycles. The number of fused-ring (bicyclic) bond motifs is 1. The number of amides is 1. The van der Waals surface area contributed by atoms with Crippen LogP contribution in [0.2, 0.25) is 0 Å². The molecule has 0 saturated heterocycles. The van der Waals surface area contributed by atoms with E-state index in [1.807, 2.05) is 12.1 Å². The van der Waals surface area contributed by atoms with Crippen molar-refractivity contribution in [1.82, 2.24) is 4.98 Å². The minimum absolute atomic E-state index is 0.0167. The molecule has 0 aliphatic rings. The maximum atomic E-state index is 13.0. The van der Waals surface area contributed by atoms with E-state index in [4.69, 9.17) is 0 Å². The summed E-state index contributed by atoms with van der Waals surface area (Å²) in [7, 11) is 0. The van der Waals surface area contributed by atoms with Crippen molar-refractivity contribution in [2.45, 2.75) is 17.7 Å². The SMILES string of the molecule is CCCSc1nc2ccc(NC(=O)c3c(Br)c(Br)c(Br)c(Br)c3C(=O)O)cc2s1. The lowest BCUT2D eigenvalue weighted by Crippen LogP contribution is -2.18. The van der Waals surface area contributed by atoms with Gasteiger partial charge >= 0.3 is 5.97 Å². The van der Waals surface area contributed by atoms with Gasteiger partial charge in [0.25, 0.3) is 5.91 Å². The molecule has 0 aliphatic heterocycles. The molecular weight excluding hydrogens is 676 g/mol. The normalized spacial score (nSPS) is 11.1. The zero-order valence-electron chi connectivity index (χ0n) is 14.7. The quantitative estimate of drug-likeness (QED) is 0.157. The Bertz CT molecular complexity index is 1130. The molecule has 1 heterocycles. The van der Waals surface area contributed by atoms with E-state index < -0.39 is 11.9 Å². The summed E-state index contributed by atoms with van der Waals surface area (Å²) < 4.78 is 3.61. The molecule has 0 spiro atoms. The van der Waals surface area contributed by atoms with Gasteiger partial charge < -0.3 is 10.4 Å². The van der Waals surface area contributed by atoms with Crippen molar-refractivity contribution in [3.8, 4) is 0 Å². The van der Waals surface area contributed by atoms with Crippen molar-refractivity contribution >= 4 is 115 Å². The maximum absolute atomic E-state index is 13.0. The fraction of sp³-hybridized carbons (Fsp3) is 0.167. The van der Waals surface area contributed by atoms with Gasteiger partial charge in [0, 0.05) is 29.3 Å². The van der Waals surface area contributed by atoms with E-state index in [0.717, 1.165) is 26.7 Å². The lowest BCUT2D eigenvalue weighted by atomic mass is 10.1. The molecule has 2 aromatic carbocycles. The van der Waals surface area contributed by atoms with Crippen molar-refractivity contribution in [2.75, 3.05) is 11.1 Å². The second-order valence-electron chi connectivity index (χ2n) is 5.78. The molecule has 5 nitrogen and oxygen atoms in total. The van der Waals surface area contributed by atoms with Gasteiger partial charge in [0.1, 0.15) is 0 Å². The summed E-state index contributed by atoms with van der Waals surface area (Å²) in [5, 5.41) is 12.4. The zero-order chi connectivity index (χ0) is 21.3. The van der Waals surface area contributed by atoms with Gasteiger partial charge in [-0.25, -0.2) is 9.78 Å². The van der Waals surface area contributed by atoms with E-state index >= 15 is 0 Å². The monoisotopic (exact) mass is 684 g/mol. The van der Waals surface area contributed by atoms with E-state index in [1.165, 1.54) is 0 Å². The minimum atomic E-state index is -1.22. The number of hydrogen-bond donors (Lipinski definition) is 2. The van der Waals surface area contributed by atoms with Gasteiger partial charge in [-0.1, -0.05) is 18.7 Å². The third kappa shape index (κ3) is 4.90. The Morgan fingerprint density at radius 3 is 2.38 bits per heavy atom. The van der Waals surface area contributed by atoms with Gasteiger partial charge in [0.2, 0.25) is 0 Å². The van der Waals surface area contributed by atoms with Crippen LogP contribution in [0, 0.1) is 0 Å². The van der Waals surface area contributed by atoms with Gasteiger partial charge in [0.05, 0.1) is 21.3 Å². The molecule has 0 atom stereocenters. The molecule has 0 aliphatic carbocycles. The van der Waals surface area contributed by atoms with Crippen molar-refractivity contribution in [1.29, 1.82) is 0 Å². The number of anilines is 1. The zero-order valence-corrected chi connectivity index (χ0v) is 22.7. The van der Waals surface area contributed by atoms with Crippen LogP contribution in [0.15, 0.2) is 40.4 Å². The third-order valence-corrected chi connectivity index (χ3v) is 10.9. The predicted molar refractivity (Wildman–Crippen MR) is 133 cm³/mol. The Labute approximate surface area is 208 Å². The molecule has 0 radical (unpaired) electrons. The predicted octanol–water partition coefficient (Wildman–Crippen LogP) is 7.80. The van der Waals surface area contributed by atoms with Gasteiger partial charge in [-0.3, -0.25) is 4.79 Å². The van der Waals surface area contributed by atoms with Crippen LogP contribution in [0.5, 0.6) is 0 Å². The van der Waals surface area contributed by atoms with Crippen LogP contribution in [-0.2, 0) is 0 Å². The number of rotatable bonds is 6. The first-order valence-electron chi connectivity index (χ1n) is 8.18. The van der Waals surface area contributed by atoms with Crippen LogP contribution in [0.1, 0.15) is 34.1 Å². The second kappa shape index (κ2) is 9.78. The number of carboxylic acids is 1. The first-order chi connectivity index (χ1) is 13.7. The lowest BCUT2D eigenvalue weighted by Gasteiger charge is -2.14. The standard InChI is InChI=1S/C18H12Br4N2O3S2/c1-2-5-28-18-24-8-4-3-7(6-9(8)29-18)23-16(25)10-11(17(26)27)13(20)15(22)14(21)12(10)19/h3-4,6H,2,5H2,1H3,(H,23,25)(H,26,27). The first-order valence-corrected chi connectivity index (χ1v) is 13.2. The first kappa shape index (κ1) is 23.2. The molecule has 2 N–H and O–H groups in total. The summed E-state index contributed by atoms with van der Waals surface area (Å²) in [5.74, 6) is -0.748. The summed E-state index contributed by atoms with van der Waals surface area (Å²) >= 11 is 16.6. The molecule has 3 rings (SSSR count). The number of halogens is 4. The molecule has 3 aromatic rings. The maximum Gasteiger partial charge on any atom is 0.337 e. The highest BCUT2D eigenvalue weighted by atomic mass is 79.9. The Hall–Kier alpha value is -0.460. The molecule has 0 fully saturated rings. The summed E-state index contributed by atoms with van der Waals surface area (Å²) in [5.41, 5.74) is 1.31. The second-order valence-corrected chi connectivity index (χ2v) is 11.3. The lowest BCUT2D eigenvalue weighted by molar-refractivity contribution is 0.0691. The Kier molecular flexibility index (Phi) is 7.83. The number of thioether (sulfide) groups is 1. The van der Waals surface area contributed by atoms with Crippen LogP contribution in [0.25, 0.3) is 10.2 Å². The van der Waals surface area contributed by atoms with Crippen molar-refractivity contribution in [3.05, 3.63) is 47.2 Å². The number of carbonyl (C=O) groups is 2. The van der Waals surface area contributed by atoms with E-state index in [-0.39, 0.29) is 15.6 Å². The molecule has 1 amide bonds. The highest BCUT2D eigenvalue weighted by Crippen LogP contribution is 2.42. The summed E-state index contributed by atoms with van der Waals surface area (Å²) in [6.45, 7) is 2.12. The van der Waals surface area contributed by atoms with Crippen LogP contribution >= 0.6 is 86.8 Å². The Morgan fingerprint density at radius 1 is 1.10 bits per heavy atom. The smallest absolute Gasteiger partial charge is 0.337 e. The van der Waals surface area contributed by atoms with Crippen LogP contribution in [-0.4, -0.2) is 27.7 Å². The van der Waals surface area contributed by atoms with E-state index in [1.54, 1.807) is 29.2 Å². The Morgan fingerprint density at radius 2 is 1.76 bits per heavy atom. The minimum Gasteiger partial charge on any atom is -0.478 e. The summed E-state index contributed by atoms with van der Waals surface area (Å²) in [4.78, 5) is 29.4. The number of carboxylic acid groups (broad SMARTS) is 1. The third-order valence-electron chi connectivity index (χ3n) is 3.76. The van der Waals surface area contributed by atoms with Crippen LogP contribution < -0.4 is 5.32 Å². The summed E-state index contributed by atoms with van der Waals surface area (Å²) in [6.07, 6.45) is 1.07. The van der Waals surface area contributed by atoms with Gasteiger partial charge in [0.15, 0.2) is 4.34 Å². The van der Waals surface area contributed by atoms with Gasteiger partial charge in [-0.2, -0.15) is 0 Å². The Balaban J connectivity index is 1.97. The van der Waals surface area contributed by atoms with Crippen molar-refractivity contribution in [2.24, 2.45) is 0 Å². The van der Waals surface area contributed by atoms with Crippen molar-refractivity contribution in [3.63, 3.8) is 0 Å². The molecule has 0 unspecified atom stereocenters. The highest BCUT2D eigenvalue weighted by Gasteiger charge is 2.28. The molecular formula is C18H12Br4N2O3S2. The molecule has 152 valence electrons. The van der Waals surface area contributed by atoms with E-state index in [2.05, 4.69) is 80.9 Å². The summed E-state index contributed by atoms with van der Waals surface area (Å²) in [6, 6.07) is 5.45. The number of hydrogen-bond acceptors (Lipinski definition) is 5. The fourth-order valence-corrected chi connectivity index (χ4v) is 6.97. The number of aromatic carboxylic acids is 1. The molecule has 1 aromatic heterocycles. The van der Waals surface area contributed by atoms with E-state index in [9.17, 15) is 14.7 Å². The number of nitrogens with zero attached hydrogens (tertiary/aromatic N) is 1. The number of benzene rings is 2.